The van der Waals surface area contributed by atoms with Crippen molar-refractivity contribution >= 4 is 12.1 Å². The summed E-state index contributed by atoms with van der Waals surface area (Å²) in [6.07, 6.45) is -0.308. The highest BCUT2D eigenvalue weighted by molar-refractivity contribution is 5.70. The van der Waals surface area contributed by atoms with Crippen LogP contribution in [0, 0.1) is 0 Å². The lowest BCUT2D eigenvalue weighted by molar-refractivity contribution is -0.143. The molecule has 0 atom stereocenters. The van der Waals surface area contributed by atoms with Crippen LogP contribution in [0.3, 0.4) is 0 Å². The van der Waals surface area contributed by atoms with Crippen molar-refractivity contribution < 1.29 is 19.1 Å². The number of hydrogen-bond acceptors (Lipinski definition) is 4. The van der Waals surface area contributed by atoms with Crippen molar-refractivity contribution in [1.82, 2.24) is 5.32 Å². The second-order valence-electron chi connectivity index (χ2n) is 3.69. The fourth-order valence-electron chi connectivity index (χ4n) is 0.592. The monoisotopic (exact) mass is 203 g/mol. The van der Waals surface area contributed by atoms with Gasteiger partial charge in [-0.3, -0.25) is 10.1 Å². The second-order valence-corrected chi connectivity index (χ2v) is 3.69. The Labute approximate surface area is 83.8 Å². The smallest absolute Gasteiger partial charge is 0.410 e. The molecule has 0 bridgehead atoms. The first-order valence-corrected chi connectivity index (χ1v) is 4.47. The van der Waals surface area contributed by atoms with Gasteiger partial charge in [-0.25, -0.2) is 4.79 Å². The van der Waals surface area contributed by atoms with Gasteiger partial charge >= 0.3 is 12.1 Å². The van der Waals surface area contributed by atoms with Gasteiger partial charge in [0.1, 0.15) is 5.60 Å². The number of amides is 1. The van der Waals surface area contributed by atoms with E-state index in [1.54, 1.807) is 27.7 Å². The molecule has 0 aliphatic rings. The summed E-state index contributed by atoms with van der Waals surface area (Å²) in [7, 11) is 0. The molecule has 0 aromatic heterocycles. The third-order valence-electron chi connectivity index (χ3n) is 1.14. The molecule has 0 saturated carbocycles. The third-order valence-corrected chi connectivity index (χ3v) is 1.14. The third kappa shape index (κ3) is 7.39. The second kappa shape index (κ2) is 5.47. The number of carbonyl (C=O) groups excluding carboxylic acids is 2. The largest absolute Gasteiger partial charge is 0.444 e. The maximum absolute atomic E-state index is 11.0. The van der Waals surface area contributed by atoms with Gasteiger partial charge in [0.05, 0.1) is 0 Å². The summed E-state index contributed by atoms with van der Waals surface area (Å²) in [6.45, 7) is 6.79. The molecule has 14 heavy (non-hydrogen) atoms. The van der Waals surface area contributed by atoms with Crippen molar-refractivity contribution in [2.24, 2.45) is 0 Å². The maximum Gasteiger partial charge on any atom is 0.410 e. The summed E-state index contributed by atoms with van der Waals surface area (Å²) in [5.41, 5.74) is -0.543. The van der Waals surface area contributed by atoms with Crippen LogP contribution < -0.4 is 5.32 Å². The lowest BCUT2D eigenvalue weighted by Gasteiger charge is -2.19. The van der Waals surface area contributed by atoms with E-state index in [1.807, 2.05) is 0 Å². The summed E-state index contributed by atoms with van der Waals surface area (Å²) in [5.74, 6) is -0.360. The number of nitrogens with one attached hydrogen (secondary N) is 1. The van der Waals surface area contributed by atoms with Gasteiger partial charge in [-0.1, -0.05) is 6.92 Å². The van der Waals surface area contributed by atoms with Crippen molar-refractivity contribution in [2.75, 3.05) is 6.73 Å². The van der Waals surface area contributed by atoms with Crippen LogP contribution in [0.25, 0.3) is 0 Å². The molecule has 0 rings (SSSR count). The zero-order chi connectivity index (χ0) is 11.2. The van der Waals surface area contributed by atoms with E-state index < -0.39 is 11.7 Å². The van der Waals surface area contributed by atoms with Crippen LogP contribution in [0.1, 0.15) is 34.1 Å². The van der Waals surface area contributed by atoms with Crippen LogP contribution in [-0.4, -0.2) is 24.4 Å². The molecule has 0 aliphatic carbocycles. The molecule has 5 nitrogen and oxygen atoms in total. The Morgan fingerprint density at radius 3 is 2.29 bits per heavy atom. The van der Waals surface area contributed by atoms with E-state index in [9.17, 15) is 9.59 Å². The molecule has 0 saturated heterocycles. The van der Waals surface area contributed by atoms with Crippen molar-refractivity contribution in [2.45, 2.75) is 39.7 Å². The highest BCUT2D eigenvalue weighted by Gasteiger charge is 2.15. The Morgan fingerprint density at radius 1 is 1.29 bits per heavy atom. The van der Waals surface area contributed by atoms with Gasteiger partial charge in [-0.05, 0) is 20.8 Å². The van der Waals surface area contributed by atoms with Crippen LogP contribution in [0.15, 0.2) is 0 Å². The van der Waals surface area contributed by atoms with E-state index >= 15 is 0 Å². The highest BCUT2D eigenvalue weighted by Crippen LogP contribution is 2.06. The number of ether oxygens (including phenoxy) is 2. The molecule has 0 aromatic carbocycles. The number of carbonyl (C=O) groups is 2. The van der Waals surface area contributed by atoms with Crippen molar-refractivity contribution in [3.05, 3.63) is 0 Å². The van der Waals surface area contributed by atoms with Crippen LogP contribution in [0.4, 0.5) is 4.79 Å². The highest BCUT2D eigenvalue weighted by atomic mass is 16.6. The fourth-order valence-corrected chi connectivity index (χ4v) is 0.592. The average Bonchev–Trinajstić information content (AvgIpc) is 2.00. The molecule has 0 fully saturated rings. The Balaban J connectivity index is 3.60. The quantitative estimate of drug-likeness (QED) is 0.556. The van der Waals surface area contributed by atoms with Crippen LogP contribution in [-0.2, 0) is 14.3 Å². The van der Waals surface area contributed by atoms with Crippen molar-refractivity contribution in [3.63, 3.8) is 0 Å². The van der Waals surface area contributed by atoms with Gasteiger partial charge in [0.15, 0.2) is 6.73 Å². The minimum atomic E-state index is -0.596. The Bertz CT molecular complexity index is 207. The van der Waals surface area contributed by atoms with Crippen molar-refractivity contribution in [3.8, 4) is 0 Å². The Morgan fingerprint density at radius 2 is 1.86 bits per heavy atom. The molecule has 5 heteroatoms. The van der Waals surface area contributed by atoms with Gasteiger partial charge in [0.2, 0.25) is 0 Å². The Hall–Kier alpha value is -1.26. The van der Waals surface area contributed by atoms with Gasteiger partial charge in [0.25, 0.3) is 0 Å². The fraction of sp³-hybridized carbons (Fsp3) is 0.778. The summed E-state index contributed by atoms with van der Waals surface area (Å²) in [4.78, 5) is 21.7. The van der Waals surface area contributed by atoms with E-state index in [-0.39, 0.29) is 19.1 Å². The minimum absolute atomic E-state index is 0.151. The number of rotatable bonds is 3. The summed E-state index contributed by atoms with van der Waals surface area (Å²) in [6, 6.07) is 0. The standard InChI is InChI=1S/C9H17NO4/c1-5-7(11)13-6-10-8(12)14-9(2,3)4/h5-6H2,1-4H3,(H,10,12). The lowest BCUT2D eigenvalue weighted by Crippen LogP contribution is -2.34. The molecular formula is C9H17NO4. The summed E-state index contributed by atoms with van der Waals surface area (Å²) < 4.78 is 9.54. The SMILES string of the molecule is CCC(=O)OCNC(=O)OC(C)(C)C. The minimum Gasteiger partial charge on any atom is -0.444 e. The zero-order valence-electron chi connectivity index (χ0n) is 9.05. The van der Waals surface area contributed by atoms with E-state index in [1.165, 1.54) is 0 Å². The normalized spacial score (nSPS) is 10.6. The number of esters is 1. The molecule has 0 heterocycles. The van der Waals surface area contributed by atoms with Crippen LogP contribution >= 0.6 is 0 Å². The molecule has 0 spiro atoms. The summed E-state index contributed by atoms with van der Waals surface area (Å²) in [5, 5.41) is 2.30. The average molecular weight is 203 g/mol. The molecular weight excluding hydrogens is 186 g/mol. The van der Waals surface area contributed by atoms with E-state index in [0.29, 0.717) is 0 Å². The first kappa shape index (κ1) is 12.7. The zero-order valence-corrected chi connectivity index (χ0v) is 9.05. The lowest BCUT2D eigenvalue weighted by atomic mass is 10.2. The topological polar surface area (TPSA) is 64.6 Å². The molecule has 0 aliphatic heterocycles. The predicted octanol–water partition coefficient (Wildman–Crippen LogP) is 1.42. The number of alkyl carbamates (subject to hydrolysis) is 1. The van der Waals surface area contributed by atoms with Crippen LogP contribution in [0.2, 0.25) is 0 Å². The van der Waals surface area contributed by atoms with E-state index in [4.69, 9.17) is 4.74 Å². The van der Waals surface area contributed by atoms with E-state index in [0.717, 1.165) is 0 Å². The first-order valence-electron chi connectivity index (χ1n) is 4.47. The van der Waals surface area contributed by atoms with E-state index in [2.05, 4.69) is 10.1 Å². The van der Waals surface area contributed by atoms with Gasteiger partial charge in [-0.2, -0.15) is 0 Å². The Kier molecular flexibility index (Phi) is 4.97. The molecule has 1 N–H and O–H groups in total. The number of hydrogen-bond donors (Lipinski definition) is 1. The van der Waals surface area contributed by atoms with Crippen LogP contribution in [0.5, 0.6) is 0 Å². The van der Waals surface area contributed by atoms with Gasteiger partial charge in [-0.15, -0.1) is 0 Å². The van der Waals surface area contributed by atoms with Crippen molar-refractivity contribution in [1.29, 1.82) is 0 Å². The van der Waals surface area contributed by atoms with Gasteiger partial charge < -0.3 is 9.47 Å². The molecule has 0 unspecified atom stereocenters. The molecule has 0 aromatic rings. The molecule has 82 valence electrons. The molecule has 0 radical (unpaired) electrons. The predicted molar refractivity (Wildman–Crippen MR) is 50.6 cm³/mol. The van der Waals surface area contributed by atoms with Gasteiger partial charge in [0, 0.05) is 6.42 Å². The molecule has 1 amide bonds. The first-order chi connectivity index (χ1) is 6.35. The maximum atomic E-state index is 11.0. The summed E-state index contributed by atoms with van der Waals surface area (Å²) >= 11 is 0.